The van der Waals surface area contributed by atoms with Gasteiger partial charge in [0.2, 0.25) is 5.91 Å². The lowest BCUT2D eigenvalue weighted by atomic mass is 10.1. The Morgan fingerprint density at radius 3 is 2.06 bits per heavy atom. The number of piperazine rings is 1. The van der Waals surface area contributed by atoms with Gasteiger partial charge in [-0.15, -0.1) is 0 Å². The summed E-state index contributed by atoms with van der Waals surface area (Å²) in [6.45, 7) is 3.20. The molecule has 2 aromatic rings. The van der Waals surface area contributed by atoms with E-state index in [1.54, 1.807) is 34.1 Å². The first-order chi connectivity index (χ1) is 15.6. The van der Waals surface area contributed by atoms with E-state index < -0.39 is 11.9 Å². The average molecular weight is 479 g/mol. The maximum absolute atomic E-state index is 13.0. The Labute approximate surface area is 194 Å². The summed E-state index contributed by atoms with van der Waals surface area (Å²) >= 11 is 6.12. The van der Waals surface area contributed by atoms with E-state index in [-0.39, 0.29) is 17.5 Å². The number of benzene rings is 2. The number of amides is 2. The largest absolute Gasteiger partial charge is 0.432 e. The molecule has 0 saturated carbocycles. The SMILES string of the molecule is CC(=O)N1CCN(C(=O)c2ccc(/C(=C/C(=N)C(F)(F)F)Nc3ccccc3Cl)cc2)CC1. The van der Waals surface area contributed by atoms with Crippen molar-refractivity contribution in [3.63, 3.8) is 0 Å². The van der Waals surface area contributed by atoms with Crippen LogP contribution in [0, 0.1) is 5.41 Å². The predicted molar refractivity (Wildman–Crippen MR) is 121 cm³/mol. The van der Waals surface area contributed by atoms with Crippen LogP contribution in [0.2, 0.25) is 5.02 Å². The fourth-order valence-electron chi connectivity index (χ4n) is 3.32. The van der Waals surface area contributed by atoms with E-state index in [2.05, 4.69) is 5.32 Å². The van der Waals surface area contributed by atoms with Crippen molar-refractivity contribution in [2.45, 2.75) is 13.1 Å². The van der Waals surface area contributed by atoms with Crippen LogP contribution >= 0.6 is 11.6 Å². The zero-order chi connectivity index (χ0) is 24.2. The highest BCUT2D eigenvalue weighted by atomic mass is 35.5. The van der Waals surface area contributed by atoms with Crippen LogP contribution in [0.15, 0.2) is 54.6 Å². The fourth-order valence-corrected chi connectivity index (χ4v) is 3.51. The van der Waals surface area contributed by atoms with E-state index in [1.165, 1.54) is 31.2 Å². The number of halogens is 4. The number of carbonyl (C=O) groups is 2. The topological polar surface area (TPSA) is 76.5 Å². The molecule has 3 rings (SSSR count). The summed E-state index contributed by atoms with van der Waals surface area (Å²) in [6.07, 6.45) is -4.13. The Morgan fingerprint density at radius 1 is 0.970 bits per heavy atom. The summed E-state index contributed by atoms with van der Waals surface area (Å²) in [4.78, 5) is 27.5. The van der Waals surface area contributed by atoms with E-state index in [1.807, 2.05) is 0 Å². The summed E-state index contributed by atoms with van der Waals surface area (Å²) in [5.41, 5.74) is -0.413. The number of hydrogen-bond donors (Lipinski definition) is 2. The van der Waals surface area contributed by atoms with Crippen LogP contribution in [0.4, 0.5) is 18.9 Å². The molecule has 33 heavy (non-hydrogen) atoms. The average Bonchev–Trinajstić information content (AvgIpc) is 2.79. The zero-order valence-electron chi connectivity index (χ0n) is 17.7. The predicted octanol–water partition coefficient (Wildman–Crippen LogP) is 4.68. The van der Waals surface area contributed by atoms with Gasteiger partial charge in [0.15, 0.2) is 0 Å². The molecule has 10 heteroatoms. The van der Waals surface area contributed by atoms with Crippen LogP contribution in [0.5, 0.6) is 0 Å². The van der Waals surface area contributed by atoms with E-state index >= 15 is 0 Å². The second-order valence-corrected chi connectivity index (χ2v) is 7.86. The number of para-hydroxylation sites is 1. The minimum atomic E-state index is -4.81. The Kier molecular flexibility index (Phi) is 7.43. The van der Waals surface area contributed by atoms with Crippen molar-refractivity contribution >= 4 is 40.5 Å². The van der Waals surface area contributed by atoms with E-state index in [4.69, 9.17) is 17.0 Å². The maximum Gasteiger partial charge on any atom is 0.432 e. The highest BCUT2D eigenvalue weighted by Gasteiger charge is 2.33. The van der Waals surface area contributed by atoms with Gasteiger partial charge in [0, 0.05) is 44.4 Å². The molecule has 2 aromatic carbocycles. The minimum absolute atomic E-state index is 0.0134. The number of allylic oxidation sites excluding steroid dienone is 1. The number of rotatable bonds is 5. The standard InChI is InChI=1S/C23H22ClF3N4O2/c1-15(32)30-10-12-31(13-11-30)22(33)17-8-6-16(7-9-17)20(14-21(28)23(25,26)27)29-19-5-3-2-4-18(19)24/h2-9,14,28-29H,10-13H2,1H3/b20-14-,28-21?. The van der Waals surface area contributed by atoms with Crippen molar-refractivity contribution in [3.8, 4) is 0 Å². The normalized spacial score (nSPS) is 14.8. The highest BCUT2D eigenvalue weighted by molar-refractivity contribution is 6.33. The first-order valence-electron chi connectivity index (χ1n) is 10.1. The Bertz CT molecular complexity index is 1080. The van der Waals surface area contributed by atoms with Crippen molar-refractivity contribution < 1.29 is 22.8 Å². The van der Waals surface area contributed by atoms with Gasteiger partial charge in [0.05, 0.1) is 10.7 Å². The molecule has 2 N–H and O–H groups in total. The van der Waals surface area contributed by atoms with Crippen molar-refractivity contribution in [1.82, 2.24) is 9.80 Å². The molecule has 1 aliphatic heterocycles. The Hall–Kier alpha value is -3.33. The van der Waals surface area contributed by atoms with Gasteiger partial charge >= 0.3 is 6.18 Å². The second-order valence-electron chi connectivity index (χ2n) is 7.45. The highest BCUT2D eigenvalue weighted by Crippen LogP contribution is 2.27. The summed E-state index contributed by atoms with van der Waals surface area (Å²) in [5.74, 6) is -0.265. The van der Waals surface area contributed by atoms with Crippen LogP contribution in [0.25, 0.3) is 5.70 Å². The van der Waals surface area contributed by atoms with Gasteiger partial charge in [-0.1, -0.05) is 35.9 Å². The molecule has 174 valence electrons. The molecule has 0 radical (unpaired) electrons. The molecule has 0 atom stereocenters. The van der Waals surface area contributed by atoms with Crippen LogP contribution in [0.3, 0.4) is 0 Å². The van der Waals surface area contributed by atoms with Gasteiger partial charge in [-0.05, 0) is 35.9 Å². The van der Waals surface area contributed by atoms with E-state index in [9.17, 15) is 22.8 Å². The number of alkyl halides is 3. The maximum atomic E-state index is 13.0. The molecule has 1 heterocycles. The van der Waals surface area contributed by atoms with Gasteiger partial charge < -0.3 is 15.1 Å². The second kappa shape index (κ2) is 10.1. The van der Waals surface area contributed by atoms with Crippen LogP contribution in [-0.2, 0) is 4.79 Å². The molecule has 0 aliphatic carbocycles. The molecule has 0 aromatic heterocycles. The number of anilines is 1. The summed E-state index contributed by atoms with van der Waals surface area (Å²) < 4.78 is 39.0. The third-order valence-electron chi connectivity index (χ3n) is 5.19. The molecular formula is C23H22ClF3N4O2. The lowest BCUT2D eigenvalue weighted by Gasteiger charge is -2.34. The van der Waals surface area contributed by atoms with Gasteiger partial charge in [-0.3, -0.25) is 15.0 Å². The number of nitrogens with zero attached hydrogens (tertiary/aromatic N) is 2. The van der Waals surface area contributed by atoms with Gasteiger partial charge in [-0.2, -0.15) is 13.2 Å². The molecule has 0 unspecified atom stereocenters. The molecule has 1 fully saturated rings. The quantitative estimate of drug-likeness (QED) is 0.613. The molecular weight excluding hydrogens is 457 g/mol. The lowest BCUT2D eigenvalue weighted by Crippen LogP contribution is -2.50. The first kappa shape index (κ1) is 24.3. The van der Waals surface area contributed by atoms with Crippen molar-refractivity contribution in [2.24, 2.45) is 0 Å². The van der Waals surface area contributed by atoms with Gasteiger partial charge in [0.25, 0.3) is 5.91 Å². The van der Waals surface area contributed by atoms with E-state index in [0.717, 1.165) is 0 Å². The molecule has 0 bridgehead atoms. The number of nitrogens with one attached hydrogen (secondary N) is 2. The van der Waals surface area contributed by atoms with Gasteiger partial charge in [0.1, 0.15) is 5.71 Å². The van der Waals surface area contributed by atoms with Crippen molar-refractivity contribution in [3.05, 3.63) is 70.8 Å². The summed E-state index contributed by atoms with van der Waals surface area (Å²) in [7, 11) is 0. The van der Waals surface area contributed by atoms with E-state index in [0.29, 0.717) is 54.1 Å². The third-order valence-corrected chi connectivity index (χ3v) is 5.52. The monoisotopic (exact) mass is 478 g/mol. The number of carbonyl (C=O) groups excluding carboxylic acids is 2. The van der Waals surface area contributed by atoms with Crippen molar-refractivity contribution in [2.75, 3.05) is 31.5 Å². The Morgan fingerprint density at radius 2 is 1.52 bits per heavy atom. The van der Waals surface area contributed by atoms with Crippen LogP contribution in [0.1, 0.15) is 22.8 Å². The smallest absolute Gasteiger partial charge is 0.354 e. The van der Waals surface area contributed by atoms with Gasteiger partial charge in [-0.25, -0.2) is 0 Å². The molecule has 2 amide bonds. The minimum Gasteiger partial charge on any atom is -0.354 e. The molecule has 6 nitrogen and oxygen atoms in total. The third kappa shape index (κ3) is 6.13. The molecule has 0 spiro atoms. The Balaban J connectivity index is 1.82. The van der Waals surface area contributed by atoms with Crippen LogP contribution < -0.4 is 5.32 Å². The van der Waals surface area contributed by atoms with Crippen LogP contribution in [-0.4, -0.2) is 59.7 Å². The lowest BCUT2D eigenvalue weighted by molar-refractivity contribution is -0.130. The summed E-state index contributed by atoms with van der Waals surface area (Å²) in [5, 5.41) is 10.5. The zero-order valence-corrected chi connectivity index (χ0v) is 18.5. The summed E-state index contributed by atoms with van der Waals surface area (Å²) in [6, 6.07) is 12.6. The molecule has 1 saturated heterocycles. The fraction of sp³-hybridized carbons (Fsp3) is 0.261. The number of hydrogen-bond acceptors (Lipinski definition) is 4. The first-order valence-corrected chi connectivity index (χ1v) is 10.5. The molecule has 1 aliphatic rings. The van der Waals surface area contributed by atoms with Crippen molar-refractivity contribution in [1.29, 1.82) is 5.41 Å².